The number of nitrogens with one attached hydrogen (secondary N) is 2. The van der Waals surface area contributed by atoms with E-state index in [0.717, 1.165) is 32.1 Å². The van der Waals surface area contributed by atoms with Gasteiger partial charge in [0.2, 0.25) is 0 Å². The van der Waals surface area contributed by atoms with Crippen molar-refractivity contribution in [2.24, 2.45) is 4.99 Å². The number of imidazole rings is 1. The van der Waals surface area contributed by atoms with Gasteiger partial charge in [-0.1, -0.05) is 0 Å². The zero-order chi connectivity index (χ0) is 15.7. The molecule has 0 radical (unpaired) electrons. The van der Waals surface area contributed by atoms with E-state index in [-0.39, 0.29) is 24.0 Å². The summed E-state index contributed by atoms with van der Waals surface area (Å²) in [6.45, 7) is 12.5. The zero-order valence-corrected chi connectivity index (χ0v) is 16.7. The summed E-state index contributed by atoms with van der Waals surface area (Å²) in [6, 6.07) is 1.12. The Morgan fingerprint density at radius 3 is 2.32 bits per heavy atom. The Bertz CT molecular complexity index is 394. The summed E-state index contributed by atoms with van der Waals surface area (Å²) in [4.78, 5) is 10.7. The molecular formula is C15H31IN6. The SMILES string of the molecule is CN=C(NCCN(C(C)C)C(C)C)NCCn1ccnc1.I. The minimum atomic E-state index is 0. The van der Waals surface area contributed by atoms with Crippen molar-refractivity contribution in [3.05, 3.63) is 18.7 Å². The summed E-state index contributed by atoms with van der Waals surface area (Å²) >= 11 is 0. The van der Waals surface area contributed by atoms with Crippen LogP contribution in [0.3, 0.4) is 0 Å². The molecule has 1 aromatic rings. The monoisotopic (exact) mass is 422 g/mol. The number of halogens is 1. The number of hydrogen-bond acceptors (Lipinski definition) is 3. The largest absolute Gasteiger partial charge is 0.355 e. The maximum atomic E-state index is 4.24. The molecule has 0 atom stereocenters. The van der Waals surface area contributed by atoms with Gasteiger partial charge in [0.15, 0.2) is 5.96 Å². The first-order chi connectivity index (χ1) is 10.0. The molecule has 7 heteroatoms. The Hall–Kier alpha value is -0.830. The lowest BCUT2D eigenvalue weighted by atomic mass is 10.2. The van der Waals surface area contributed by atoms with Crippen LogP contribution in [0.25, 0.3) is 0 Å². The molecule has 0 saturated heterocycles. The predicted octanol–water partition coefficient (Wildman–Crippen LogP) is 1.78. The minimum Gasteiger partial charge on any atom is -0.355 e. The van der Waals surface area contributed by atoms with Gasteiger partial charge in [-0.3, -0.25) is 9.89 Å². The second kappa shape index (κ2) is 11.7. The maximum absolute atomic E-state index is 4.24. The van der Waals surface area contributed by atoms with Gasteiger partial charge >= 0.3 is 0 Å². The van der Waals surface area contributed by atoms with Gasteiger partial charge in [-0.2, -0.15) is 0 Å². The standard InChI is InChI=1S/C15H30N6.HI/c1-13(2)21(14(3)4)11-8-19-15(16-5)18-7-10-20-9-6-17-12-20;/h6,9,12-14H,7-8,10-11H2,1-5H3,(H2,16,18,19);1H. The Balaban J connectivity index is 0.00000441. The lowest BCUT2D eigenvalue weighted by molar-refractivity contribution is 0.178. The van der Waals surface area contributed by atoms with Crippen LogP contribution >= 0.6 is 24.0 Å². The maximum Gasteiger partial charge on any atom is 0.191 e. The van der Waals surface area contributed by atoms with E-state index in [4.69, 9.17) is 0 Å². The van der Waals surface area contributed by atoms with Crippen LogP contribution in [0.5, 0.6) is 0 Å². The number of aromatic nitrogens is 2. The van der Waals surface area contributed by atoms with Crippen LogP contribution in [-0.2, 0) is 6.54 Å². The third-order valence-corrected chi connectivity index (χ3v) is 3.43. The number of aliphatic imine (C=N–C) groups is 1. The average molecular weight is 422 g/mol. The summed E-state index contributed by atoms with van der Waals surface area (Å²) in [7, 11) is 1.80. The van der Waals surface area contributed by atoms with Crippen molar-refractivity contribution >= 4 is 29.9 Å². The van der Waals surface area contributed by atoms with E-state index >= 15 is 0 Å². The molecular weight excluding hydrogens is 391 g/mol. The quantitative estimate of drug-likeness (QED) is 0.381. The Kier molecular flexibility index (Phi) is 11.3. The lowest BCUT2D eigenvalue weighted by Gasteiger charge is -2.30. The zero-order valence-electron chi connectivity index (χ0n) is 14.4. The molecule has 1 heterocycles. The summed E-state index contributed by atoms with van der Waals surface area (Å²) in [5, 5.41) is 6.67. The Labute approximate surface area is 151 Å². The molecule has 0 aliphatic rings. The number of hydrogen-bond donors (Lipinski definition) is 2. The van der Waals surface area contributed by atoms with Crippen LogP contribution in [0.2, 0.25) is 0 Å². The molecule has 0 saturated carbocycles. The first-order valence-corrected chi connectivity index (χ1v) is 7.70. The molecule has 2 N–H and O–H groups in total. The van der Waals surface area contributed by atoms with E-state index in [0.29, 0.717) is 12.1 Å². The van der Waals surface area contributed by atoms with Crippen molar-refractivity contribution in [3.63, 3.8) is 0 Å². The molecule has 22 heavy (non-hydrogen) atoms. The van der Waals surface area contributed by atoms with Gasteiger partial charge in [-0.25, -0.2) is 4.98 Å². The molecule has 1 rings (SSSR count). The lowest BCUT2D eigenvalue weighted by Crippen LogP contribution is -2.45. The van der Waals surface area contributed by atoms with Crippen LogP contribution in [0, 0.1) is 0 Å². The van der Waals surface area contributed by atoms with Gasteiger partial charge in [0.1, 0.15) is 0 Å². The molecule has 6 nitrogen and oxygen atoms in total. The van der Waals surface area contributed by atoms with Crippen LogP contribution in [0.4, 0.5) is 0 Å². The molecule has 0 amide bonds. The average Bonchev–Trinajstić information content (AvgIpc) is 2.93. The van der Waals surface area contributed by atoms with E-state index in [2.05, 4.69) is 53.2 Å². The highest BCUT2D eigenvalue weighted by Crippen LogP contribution is 2.03. The highest BCUT2D eigenvalue weighted by atomic mass is 127. The van der Waals surface area contributed by atoms with Gasteiger partial charge in [0.25, 0.3) is 0 Å². The van der Waals surface area contributed by atoms with E-state index in [9.17, 15) is 0 Å². The molecule has 0 aliphatic heterocycles. The minimum absolute atomic E-state index is 0. The molecule has 1 aromatic heterocycles. The van der Waals surface area contributed by atoms with Crippen molar-refractivity contribution in [2.75, 3.05) is 26.7 Å². The van der Waals surface area contributed by atoms with Crippen LogP contribution in [0.1, 0.15) is 27.7 Å². The Morgan fingerprint density at radius 2 is 1.82 bits per heavy atom. The summed E-state index contributed by atoms with van der Waals surface area (Å²) < 4.78 is 2.04. The molecule has 0 aliphatic carbocycles. The van der Waals surface area contributed by atoms with Crippen molar-refractivity contribution in [1.29, 1.82) is 0 Å². The molecule has 128 valence electrons. The van der Waals surface area contributed by atoms with Gasteiger partial charge in [-0.05, 0) is 27.7 Å². The van der Waals surface area contributed by atoms with Gasteiger partial charge in [0.05, 0.1) is 6.33 Å². The fourth-order valence-corrected chi connectivity index (χ4v) is 2.36. The predicted molar refractivity (Wildman–Crippen MR) is 104 cm³/mol. The smallest absolute Gasteiger partial charge is 0.191 e. The van der Waals surface area contributed by atoms with Crippen LogP contribution < -0.4 is 10.6 Å². The Morgan fingerprint density at radius 1 is 1.18 bits per heavy atom. The summed E-state index contributed by atoms with van der Waals surface area (Å²) in [5.74, 6) is 0.850. The fourth-order valence-electron chi connectivity index (χ4n) is 2.36. The molecule has 0 aromatic carbocycles. The van der Waals surface area contributed by atoms with Gasteiger partial charge in [0, 0.05) is 57.7 Å². The van der Waals surface area contributed by atoms with Crippen molar-refractivity contribution < 1.29 is 0 Å². The second-order valence-corrected chi connectivity index (χ2v) is 5.65. The molecule has 0 spiro atoms. The number of nitrogens with zero attached hydrogens (tertiary/aromatic N) is 4. The first kappa shape index (κ1) is 21.2. The van der Waals surface area contributed by atoms with Gasteiger partial charge in [-0.15, -0.1) is 24.0 Å². The molecule has 0 fully saturated rings. The van der Waals surface area contributed by atoms with E-state index in [1.807, 2.05) is 17.1 Å². The third-order valence-electron chi connectivity index (χ3n) is 3.43. The van der Waals surface area contributed by atoms with Gasteiger partial charge < -0.3 is 15.2 Å². The molecule has 0 unspecified atom stereocenters. The highest BCUT2D eigenvalue weighted by molar-refractivity contribution is 14.0. The highest BCUT2D eigenvalue weighted by Gasteiger charge is 2.12. The second-order valence-electron chi connectivity index (χ2n) is 5.65. The molecule has 0 bridgehead atoms. The van der Waals surface area contributed by atoms with Crippen LogP contribution in [-0.4, -0.2) is 59.2 Å². The third kappa shape index (κ3) is 7.98. The van der Waals surface area contributed by atoms with Crippen molar-refractivity contribution in [3.8, 4) is 0 Å². The van der Waals surface area contributed by atoms with E-state index in [1.165, 1.54) is 0 Å². The van der Waals surface area contributed by atoms with Crippen LogP contribution in [0.15, 0.2) is 23.7 Å². The van der Waals surface area contributed by atoms with Crippen molar-refractivity contribution in [1.82, 2.24) is 25.1 Å². The van der Waals surface area contributed by atoms with E-state index in [1.54, 1.807) is 13.2 Å². The van der Waals surface area contributed by atoms with Crippen molar-refractivity contribution in [2.45, 2.75) is 46.3 Å². The first-order valence-electron chi connectivity index (χ1n) is 7.70. The summed E-state index contributed by atoms with van der Waals surface area (Å²) in [6.07, 6.45) is 5.57. The number of guanidine groups is 1. The normalized spacial score (nSPS) is 11.9. The fraction of sp³-hybridized carbons (Fsp3) is 0.733. The topological polar surface area (TPSA) is 57.5 Å². The number of rotatable bonds is 8. The summed E-state index contributed by atoms with van der Waals surface area (Å²) in [5.41, 5.74) is 0. The van der Waals surface area contributed by atoms with E-state index < -0.39 is 0 Å².